The van der Waals surface area contributed by atoms with E-state index >= 15 is 0 Å². The Balaban J connectivity index is 1.58. The third kappa shape index (κ3) is 5.09. The van der Waals surface area contributed by atoms with E-state index in [4.69, 9.17) is 4.74 Å². The number of ether oxygens (including phenoxy) is 1. The van der Waals surface area contributed by atoms with Crippen LogP contribution in [0.1, 0.15) is 32.3 Å². The molecule has 9 heteroatoms. The minimum absolute atomic E-state index is 0.0525. The van der Waals surface area contributed by atoms with E-state index in [-0.39, 0.29) is 12.5 Å². The highest BCUT2D eigenvalue weighted by Gasteiger charge is 2.24. The van der Waals surface area contributed by atoms with Gasteiger partial charge in [-0.1, -0.05) is 42.5 Å². The van der Waals surface area contributed by atoms with Crippen molar-refractivity contribution in [2.24, 2.45) is 0 Å². The van der Waals surface area contributed by atoms with E-state index in [1.807, 2.05) is 36.4 Å². The molecule has 0 aliphatic carbocycles. The summed E-state index contributed by atoms with van der Waals surface area (Å²) in [5.74, 6) is -1.57. The maximum Gasteiger partial charge on any atom is 0.407 e. The molecule has 0 spiro atoms. The molecule has 0 aliphatic rings. The van der Waals surface area contributed by atoms with E-state index < -0.39 is 23.6 Å². The Kier molecular flexibility index (Phi) is 6.36. The lowest BCUT2D eigenvalue weighted by Crippen LogP contribution is -2.37. The smallest absolute Gasteiger partial charge is 0.407 e. The summed E-state index contributed by atoms with van der Waals surface area (Å²) in [5.41, 5.74) is 2.25. The van der Waals surface area contributed by atoms with E-state index in [9.17, 15) is 14.0 Å². The SMILES string of the molecule is CC(C)(C)OC(=O)NC[C@@H](C(=O)Nc1cccc2c(-c3c[nH]nc3F)c[nH]c12)c1ccccc1. The first-order valence-corrected chi connectivity index (χ1v) is 10.9. The van der Waals surface area contributed by atoms with Gasteiger partial charge in [0.05, 0.1) is 22.7 Å². The van der Waals surface area contributed by atoms with Crippen LogP contribution < -0.4 is 10.6 Å². The number of nitrogens with zero attached hydrogens (tertiary/aromatic N) is 1. The van der Waals surface area contributed by atoms with Crippen molar-refractivity contribution in [3.8, 4) is 11.1 Å². The molecule has 0 saturated heterocycles. The van der Waals surface area contributed by atoms with Gasteiger partial charge in [0, 0.05) is 29.9 Å². The minimum Gasteiger partial charge on any atom is -0.444 e. The van der Waals surface area contributed by atoms with Crippen LogP contribution in [0.15, 0.2) is 60.9 Å². The normalized spacial score (nSPS) is 12.4. The number of aromatic nitrogens is 3. The van der Waals surface area contributed by atoms with Crippen LogP contribution in [0.4, 0.5) is 14.9 Å². The summed E-state index contributed by atoms with van der Waals surface area (Å²) in [5, 5.41) is 12.4. The third-order valence-corrected chi connectivity index (χ3v) is 5.23. The quantitative estimate of drug-likeness (QED) is 0.324. The van der Waals surface area contributed by atoms with Crippen molar-refractivity contribution in [2.75, 3.05) is 11.9 Å². The van der Waals surface area contributed by atoms with Crippen molar-refractivity contribution in [2.45, 2.75) is 32.3 Å². The highest BCUT2D eigenvalue weighted by Crippen LogP contribution is 2.33. The van der Waals surface area contributed by atoms with Crippen molar-refractivity contribution in [1.29, 1.82) is 0 Å². The minimum atomic E-state index is -0.662. The molecule has 2 heterocycles. The van der Waals surface area contributed by atoms with Gasteiger partial charge in [-0.25, -0.2) is 4.79 Å². The zero-order valence-electron chi connectivity index (χ0n) is 19.1. The molecule has 0 aliphatic heterocycles. The van der Waals surface area contributed by atoms with E-state index in [0.717, 1.165) is 10.9 Å². The molecule has 0 bridgehead atoms. The first-order chi connectivity index (χ1) is 16.2. The fourth-order valence-electron chi connectivity index (χ4n) is 3.71. The van der Waals surface area contributed by atoms with Gasteiger partial charge in [-0.05, 0) is 32.4 Å². The number of fused-ring (bicyclic) bond motifs is 1. The van der Waals surface area contributed by atoms with Gasteiger partial charge in [0.25, 0.3) is 0 Å². The van der Waals surface area contributed by atoms with Gasteiger partial charge in [-0.15, -0.1) is 5.10 Å². The van der Waals surface area contributed by atoms with Crippen LogP contribution >= 0.6 is 0 Å². The molecule has 2 amide bonds. The summed E-state index contributed by atoms with van der Waals surface area (Å²) in [4.78, 5) is 28.7. The van der Waals surface area contributed by atoms with Gasteiger partial charge in [0.1, 0.15) is 5.60 Å². The van der Waals surface area contributed by atoms with Crippen LogP contribution in [-0.2, 0) is 9.53 Å². The molecule has 0 saturated carbocycles. The molecular weight excluding hydrogens is 437 g/mol. The second-order valence-corrected chi connectivity index (χ2v) is 8.86. The number of alkyl carbamates (subject to hydrolysis) is 1. The Morgan fingerprint density at radius 2 is 1.82 bits per heavy atom. The third-order valence-electron chi connectivity index (χ3n) is 5.23. The van der Waals surface area contributed by atoms with Gasteiger partial charge in [0.15, 0.2) is 0 Å². The Bertz CT molecular complexity index is 1310. The summed E-state index contributed by atoms with van der Waals surface area (Å²) < 4.78 is 19.3. The van der Waals surface area contributed by atoms with Crippen LogP contribution in [0.3, 0.4) is 0 Å². The lowest BCUT2D eigenvalue weighted by atomic mass is 9.98. The van der Waals surface area contributed by atoms with Crippen molar-refractivity contribution >= 4 is 28.6 Å². The predicted molar refractivity (Wildman–Crippen MR) is 128 cm³/mol. The van der Waals surface area contributed by atoms with Gasteiger partial charge < -0.3 is 20.4 Å². The highest BCUT2D eigenvalue weighted by atomic mass is 19.1. The highest BCUT2D eigenvalue weighted by molar-refractivity contribution is 6.07. The number of benzene rings is 2. The molecule has 8 nitrogen and oxygen atoms in total. The second-order valence-electron chi connectivity index (χ2n) is 8.86. The number of H-pyrrole nitrogens is 2. The molecule has 0 unspecified atom stereocenters. The lowest BCUT2D eigenvalue weighted by molar-refractivity contribution is -0.117. The predicted octanol–water partition coefficient (Wildman–Crippen LogP) is 4.94. The summed E-state index contributed by atoms with van der Waals surface area (Å²) in [6.07, 6.45) is 2.56. The van der Waals surface area contributed by atoms with E-state index in [2.05, 4.69) is 25.8 Å². The Hall–Kier alpha value is -4.14. The Morgan fingerprint density at radius 3 is 2.50 bits per heavy atom. The van der Waals surface area contributed by atoms with Crippen LogP contribution in [0.5, 0.6) is 0 Å². The maximum atomic E-state index is 14.0. The summed E-state index contributed by atoms with van der Waals surface area (Å²) in [6.45, 7) is 5.37. The van der Waals surface area contributed by atoms with Crippen LogP contribution in [0.2, 0.25) is 0 Å². The molecule has 0 fully saturated rings. The Morgan fingerprint density at radius 1 is 1.06 bits per heavy atom. The number of para-hydroxylation sites is 1. The molecule has 176 valence electrons. The fourth-order valence-corrected chi connectivity index (χ4v) is 3.71. The first kappa shape index (κ1) is 23.0. The summed E-state index contributed by atoms with van der Waals surface area (Å²) in [6, 6.07) is 14.6. The van der Waals surface area contributed by atoms with Gasteiger partial charge in [-0.3, -0.25) is 9.89 Å². The molecule has 1 atom stereocenters. The molecule has 4 N–H and O–H groups in total. The number of aromatic amines is 2. The molecule has 4 rings (SSSR count). The average Bonchev–Trinajstić information content (AvgIpc) is 3.39. The summed E-state index contributed by atoms with van der Waals surface area (Å²) in [7, 11) is 0. The van der Waals surface area contributed by atoms with Crippen molar-refractivity contribution in [3.63, 3.8) is 0 Å². The molecule has 2 aromatic carbocycles. The van der Waals surface area contributed by atoms with E-state index in [0.29, 0.717) is 22.3 Å². The molecule has 2 aromatic heterocycles. The zero-order valence-corrected chi connectivity index (χ0v) is 19.1. The van der Waals surface area contributed by atoms with Crippen LogP contribution in [0.25, 0.3) is 22.0 Å². The standard InChI is InChI=1S/C25H26FN5O3/c1-25(2,3)34-24(33)28-12-17(15-8-5-4-6-9-15)23(32)30-20-11-7-10-16-18(13-27-21(16)20)19-14-29-31-22(19)26/h4-11,13-14,17,27H,12H2,1-3H3,(H,28,33)(H,29,31)(H,30,32)/t17-/m1/s1. The average molecular weight is 464 g/mol. The molecular formula is C25H26FN5O3. The monoisotopic (exact) mass is 463 g/mol. The topological polar surface area (TPSA) is 112 Å². The number of amides is 2. The molecule has 4 aromatic rings. The first-order valence-electron chi connectivity index (χ1n) is 10.9. The number of hydrogen-bond acceptors (Lipinski definition) is 4. The van der Waals surface area contributed by atoms with Crippen molar-refractivity contribution in [1.82, 2.24) is 20.5 Å². The van der Waals surface area contributed by atoms with Gasteiger partial charge in [0.2, 0.25) is 11.9 Å². The lowest BCUT2D eigenvalue weighted by Gasteiger charge is -2.22. The largest absolute Gasteiger partial charge is 0.444 e. The molecule has 0 radical (unpaired) electrons. The maximum absolute atomic E-state index is 14.0. The molecule has 34 heavy (non-hydrogen) atoms. The second kappa shape index (κ2) is 9.38. The number of anilines is 1. The van der Waals surface area contributed by atoms with Crippen LogP contribution in [0, 0.1) is 5.95 Å². The number of halogens is 1. The number of hydrogen-bond donors (Lipinski definition) is 4. The summed E-state index contributed by atoms with van der Waals surface area (Å²) >= 11 is 0. The fraction of sp³-hybridized carbons (Fsp3) is 0.240. The Labute approximate surface area is 195 Å². The number of carbonyl (C=O) groups excluding carboxylic acids is 2. The zero-order chi connectivity index (χ0) is 24.3. The van der Waals surface area contributed by atoms with Crippen LogP contribution in [-0.4, -0.2) is 39.3 Å². The van der Waals surface area contributed by atoms with Gasteiger partial charge in [-0.2, -0.15) is 4.39 Å². The van der Waals surface area contributed by atoms with Crippen molar-refractivity contribution < 1.29 is 18.7 Å². The number of carbonyl (C=O) groups is 2. The number of nitrogens with one attached hydrogen (secondary N) is 4. The van der Waals surface area contributed by atoms with Gasteiger partial charge >= 0.3 is 6.09 Å². The number of rotatable bonds is 6. The van der Waals surface area contributed by atoms with Crippen molar-refractivity contribution in [3.05, 3.63) is 72.4 Å². The van der Waals surface area contributed by atoms with E-state index in [1.54, 1.807) is 39.1 Å². The van der Waals surface area contributed by atoms with E-state index in [1.165, 1.54) is 6.20 Å².